The SMILES string of the molecule is O=c1ccnc2sc(Nc3cccc(CS(=O)(=O)C4CCCCC4)c3)nn12. The van der Waals surface area contributed by atoms with Gasteiger partial charge in [0.05, 0.1) is 11.0 Å². The number of benzene rings is 1. The zero-order chi connectivity index (χ0) is 18.9. The summed E-state index contributed by atoms with van der Waals surface area (Å²) < 4.78 is 26.6. The number of sulfone groups is 1. The molecule has 0 atom stereocenters. The Balaban J connectivity index is 1.53. The zero-order valence-electron chi connectivity index (χ0n) is 14.7. The van der Waals surface area contributed by atoms with E-state index < -0.39 is 9.84 Å². The van der Waals surface area contributed by atoms with E-state index in [-0.39, 0.29) is 16.6 Å². The number of hydrogen-bond donors (Lipinski definition) is 1. The summed E-state index contributed by atoms with van der Waals surface area (Å²) in [6, 6.07) is 8.68. The molecule has 27 heavy (non-hydrogen) atoms. The molecule has 1 aromatic carbocycles. The highest BCUT2D eigenvalue weighted by Gasteiger charge is 2.27. The maximum absolute atomic E-state index is 12.7. The van der Waals surface area contributed by atoms with E-state index in [0.29, 0.717) is 10.1 Å². The Labute approximate surface area is 161 Å². The van der Waals surface area contributed by atoms with Crippen molar-refractivity contribution < 1.29 is 8.42 Å². The van der Waals surface area contributed by atoms with E-state index in [4.69, 9.17) is 0 Å². The van der Waals surface area contributed by atoms with Gasteiger partial charge < -0.3 is 5.32 Å². The molecule has 1 fully saturated rings. The second-order valence-electron chi connectivity index (χ2n) is 6.78. The lowest BCUT2D eigenvalue weighted by Gasteiger charge is -2.21. The van der Waals surface area contributed by atoms with Crippen LogP contribution in [0.25, 0.3) is 4.96 Å². The molecule has 1 N–H and O–H groups in total. The van der Waals surface area contributed by atoms with Gasteiger partial charge in [0.25, 0.3) is 5.56 Å². The molecule has 1 aliphatic rings. The van der Waals surface area contributed by atoms with E-state index >= 15 is 0 Å². The lowest BCUT2D eigenvalue weighted by molar-refractivity contribution is 0.483. The van der Waals surface area contributed by atoms with Crippen LogP contribution in [0.15, 0.2) is 41.3 Å². The molecule has 0 spiro atoms. The van der Waals surface area contributed by atoms with Crippen molar-refractivity contribution in [2.24, 2.45) is 0 Å². The van der Waals surface area contributed by atoms with Crippen molar-refractivity contribution in [2.75, 3.05) is 5.32 Å². The molecular formula is C18H20N4O3S2. The predicted octanol–water partition coefficient (Wildman–Crippen LogP) is 3.14. The van der Waals surface area contributed by atoms with E-state index in [9.17, 15) is 13.2 Å². The van der Waals surface area contributed by atoms with Gasteiger partial charge in [0.1, 0.15) is 0 Å². The van der Waals surface area contributed by atoms with Crippen molar-refractivity contribution >= 4 is 37.0 Å². The third-order valence-electron chi connectivity index (χ3n) is 4.78. The third-order valence-corrected chi connectivity index (χ3v) is 7.84. The summed E-state index contributed by atoms with van der Waals surface area (Å²) in [6.07, 6.45) is 6.12. The maximum atomic E-state index is 12.7. The molecule has 3 aromatic rings. The molecule has 0 unspecified atom stereocenters. The monoisotopic (exact) mass is 404 g/mol. The Kier molecular flexibility index (Phi) is 4.96. The first-order valence-electron chi connectivity index (χ1n) is 8.94. The van der Waals surface area contributed by atoms with Gasteiger partial charge in [-0.2, -0.15) is 4.52 Å². The lowest BCUT2D eigenvalue weighted by Crippen LogP contribution is -2.25. The molecule has 0 amide bonds. The van der Waals surface area contributed by atoms with E-state index in [0.717, 1.165) is 43.4 Å². The van der Waals surface area contributed by atoms with Gasteiger partial charge in [-0.25, -0.2) is 13.4 Å². The van der Waals surface area contributed by atoms with Crippen molar-refractivity contribution in [1.82, 2.24) is 14.6 Å². The Hall–Kier alpha value is -2.26. The molecule has 2 aromatic heterocycles. The van der Waals surface area contributed by atoms with Crippen molar-refractivity contribution in [3.8, 4) is 0 Å². The van der Waals surface area contributed by atoms with E-state index in [2.05, 4.69) is 15.4 Å². The fourth-order valence-corrected chi connectivity index (χ4v) is 6.16. The number of hydrogen-bond acceptors (Lipinski definition) is 7. The van der Waals surface area contributed by atoms with Crippen LogP contribution in [0.4, 0.5) is 10.8 Å². The van der Waals surface area contributed by atoms with Crippen molar-refractivity contribution in [3.63, 3.8) is 0 Å². The standard InChI is InChI=1S/C18H20N4O3S2/c23-16-9-10-19-18-22(16)21-17(26-18)20-14-6-4-5-13(11-14)12-27(24,25)15-7-2-1-3-8-15/h4-6,9-11,15H,1-3,7-8,12H2,(H,20,21). The first kappa shape index (κ1) is 18.1. The molecule has 7 nitrogen and oxygen atoms in total. The van der Waals surface area contributed by atoms with Gasteiger partial charge in [0, 0.05) is 18.0 Å². The van der Waals surface area contributed by atoms with Gasteiger partial charge in [-0.15, -0.1) is 5.10 Å². The number of nitrogens with one attached hydrogen (secondary N) is 1. The largest absolute Gasteiger partial charge is 0.330 e. The minimum atomic E-state index is -3.15. The van der Waals surface area contributed by atoms with Gasteiger partial charge >= 0.3 is 0 Å². The lowest BCUT2D eigenvalue weighted by atomic mass is 10.0. The summed E-state index contributed by atoms with van der Waals surface area (Å²) in [5.41, 5.74) is 1.25. The van der Waals surface area contributed by atoms with Crippen LogP contribution in [0.3, 0.4) is 0 Å². The summed E-state index contributed by atoms with van der Waals surface area (Å²) in [5.74, 6) is 0.0496. The first-order chi connectivity index (χ1) is 13.0. The van der Waals surface area contributed by atoms with Crippen molar-refractivity contribution in [1.29, 1.82) is 0 Å². The number of anilines is 2. The molecule has 0 bridgehead atoms. The highest BCUT2D eigenvalue weighted by molar-refractivity contribution is 7.91. The van der Waals surface area contributed by atoms with Gasteiger partial charge in [-0.3, -0.25) is 4.79 Å². The van der Waals surface area contributed by atoms with Crippen LogP contribution in [-0.2, 0) is 15.6 Å². The highest BCUT2D eigenvalue weighted by atomic mass is 32.2. The number of nitrogens with zero attached hydrogens (tertiary/aromatic N) is 3. The van der Waals surface area contributed by atoms with Crippen LogP contribution in [-0.4, -0.2) is 28.3 Å². The van der Waals surface area contributed by atoms with Crippen molar-refractivity contribution in [3.05, 3.63) is 52.4 Å². The maximum Gasteiger partial charge on any atom is 0.275 e. The minimum absolute atomic E-state index is 0.0496. The molecule has 0 saturated heterocycles. The summed E-state index contributed by atoms with van der Waals surface area (Å²) >= 11 is 1.26. The predicted molar refractivity (Wildman–Crippen MR) is 106 cm³/mol. The normalized spacial score (nSPS) is 15.9. The second kappa shape index (κ2) is 7.40. The Morgan fingerprint density at radius 1 is 1.19 bits per heavy atom. The molecule has 0 aliphatic heterocycles. The molecule has 9 heteroatoms. The minimum Gasteiger partial charge on any atom is -0.330 e. The van der Waals surface area contributed by atoms with E-state index in [1.165, 1.54) is 28.1 Å². The van der Waals surface area contributed by atoms with Gasteiger partial charge in [-0.05, 0) is 30.5 Å². The van der Waals surface area contributed by atoms with Crippen molar-refractivity contribution in [2.45, 2.75) is 43.1 Å². The number of fused-ring (bicyclic) bond motifs is 1. The molecule has 1 saturated carbocycles. The van der Waals surface area contributed by atoms with Gasteiger partial charge in [0.15, 0.2) is 9.84 Å². The average Bonchev–Trinajstić information content (AvgIpc) is 3.06. The smallest absolute Gasteiger partial charge is 0.275 e. The van der Waals surface area contributed by atoms with Crippen LogP contribution in [0.1, 0.15) is 37.7 Å². The fraction of sp³-hybridized carbons (Fsp3) is 0.389. The van der Waals surface area contributed by atoms with Gasteiger partial charge in [0.2, 0.25) is 10.1 Å². The first-order valence-corrected chi connectivity index (χ1v) is 11.5. The van der Waals surface area contributed by atoms with E-state index in [1.807, 2.05) is 24.3 Å². The number of rotatable bonds is 5. The Morgan fingerprint density at radius 2 is 2.00 bits per heavy atom. The Morgan fingerprint density at radius 3 is 2.78 bits per heavy atom. The van der Waals surface area contributed by atoms with Crippen LogP contribution >= 0.6 is 11.3 Å². The van der Waals surface area contributed by atoms with E-state index in [1.54, 1.807) is 0 Å². The van der Waals surface area contributed by atoms with Crippen LogP contribution < -0.4 is 10.9 Å². The van der Waals surface area contributed by atoms with Gasteiger partial charge in [-0.1, -0.05) is 42.7 Å². The molecular weight excluding hydrogens is 384 g/mol. The topological polar surface area (TPSA) is 93.4 Å². The number of aromatic nitrogens is 3. The summed E-state index contributed by atoms with van der Waals surface area (Å²) in [7, 11) is -3.15. The third kappa shape index (κ3) is 4.03. The Bertz CT molecular complexity index is 1110. The highest BCUT2D eigenvalue weighted by Crippen LogP contribution is 2.27. The summed E-state index contributed by atoms with van der Waals surface area (Å²) in [4.78, 5) is 16.4. The summed E-state index contributed by atoms with van der Waals surface area (Å²) in [5, 5.41) is 7.66. The molecule has 142 valence electrons. The molecule has 4 rings (SSSR count). The zero-order valence-corrected chi connectivity index (χ0v) is 16.3. The molecule has 2 heterocycles. The fourth-order valence-electron chi connectivity index (χ4n) is 3.43. The average molecular weight is 405 g/mol. The second-order valence-corrected chi connectivity index (χ2v) is 10.0. The van der Waals surface area contributed by atoms with Crippen LogP contribution in [0.2, 0.25) is 0 Å². The quantitative estimate of drug-likeness (QED) is 0.702. The molecule has 0 radical (unpaired) electrons. The van der Waals surface area contributed by atoms with Crippen LogP contribution in [0.5, 0.6) is 0 Å². The van der Waals surface area contributed by atoms with Crippen LogP contribution in [0, 0.1) is 0 Å². The summed E-state index contributed by atoms with van der Waals surface area (Å²) in [6.45, 7) is 0. The molecule has 1 aliphatic carbocycles.